The molecule has 0 saturated carbocycles. The van der Waals surface area contributed by atoms with E-state index in [0.29, 0.717) is 11.6 Å². The van der Waals surface area contributed by atoms with Crippen molar-refractivity contribution in [2.45, 2.75) is 13.0 Å². The molecule has 1 aromatic carbocycles. The first-order valence-corrected chi connectivity index (χ1v) is 8.79. The molecule has 0 spiro atoms. The number of benzene rings is 1. The lowest BCUT2D eigenvalue weighted by Gasteiger charge is -2.34. The number of halogens is 1. The van der Waals surface area contributed by atoms with Gasteiger partial charge in [0.15, 0.2) is 0 Å². The standard InChI is InChI=1S/C18H22ClN5O/c1-14(15-5-2-3-6-16(15)19)22-17(25)13-23-9-11-24(12-10-23)18-20-7-4-8-21-18/h2-8,14H,9-13H2,1H3,(H,22,25)/t14-/m0/s1. The Morgan fingerprint density at radius 2 is 1.84 bits per heavy atom. The number of amides is 1. The van der Waals surface area contributed by atoms with E-state index in [1.807, 2.05) is 37.3 Å². The highest BCUT2D eigenvalue weighted by Crippen LogP contribution is 2.22. The second-order valence-electron chi connectivity index (χ2n) is 6.12. The van der Waals surface area contributed by atoms with Crippen molar-refractivity contribution in [3.05, 3.63) is 53.3 Å². The first-order valence-electron chi connectivity index (χ1n) is 8.41. The Labute approximate surface area is 152 Å². The molecule has 1 aliphatic heterocycles. The van der Waals surface area contributed by atoms with Crippen LogP contribution in [0.2, 0.25) is 5.02 Å². The van der Waals surface area contributed by atoms with E-state index >= 15 is 0 Å². The minimum atomic E-state index is -0.111. The molecule has 6 nitrogen and oxygen atoms in total. The summed E-state index contributed by atoms with van der Waals surface area (Å²) in [6, 6.07) is 9.28. The number of rotatable bonds is 5. The maximum Gasteiger partial charge on any atom is 0.234 e. The Morgan fingerprint density at radius 3 is 2.52 bits per heavy atom. The first kappa shape index (κ1) is 17.6. The average Bonchev–Trinajstić information content (AvgIpc) is 2.63. The van der Waals surface area contributed by atoms with E-state index in [1.165, 1.54) is 0 Å². The molecule has 1 aliphatic rings. The van der Waals surface area contributed by atoms with E-state index in [4.69, 9.17) is 11.6 Å². The van der Waals surface area contributed by atoms with Crippen molar-refractivity contribution in [2.24, 2.45) is 0 Å². The minimum Gasteiger partial charge on any atom is -0.348 e. The van der Waals surface area contributed by atoms with Gasteiger partial charge in [0.25, 0.3) is 0 Å². The van der Waals surface area contributed by atoms with Gasteiger partial charge in [0.2, 0.25) is 11.9 Å². The zero-order chi connectivity index (χ0) is 17.6. The molecule has 1 fully saturated rings. The fraction of sp³-hybridized carbons (Fsp3) is 0.389. The molecule has 25 heavy (non-hydrogen) atoms. The summed E-state index contributed by atoms with van der Waals surface area (Å²) >= 11 is 6.19. The molecule has 132 valence electrons. The summed E-state index contributed by atoms with van der Waals surface area (Å²) in [7, 11) is 0. The molecule has 7 heteroatoms. The van der Waals surface area contributed by atoms with E-state index < -0.39 is 0 Å². The van der Waals surface area contributed by atoms with Gasteiger partial charge in [-0.15, -0.1) is 0 Å². The zero-order valence-electron chi connectivity index (χ0n) is 14.2. The van der Waals surface area contributed by atoms with E-state index in [1.54, 1.807) is 12.4 Å². The van der Waals surface area contributed by atoms with Crippen LogP contribution in [0.5, 0.6) is 0 Å². The molecule has 1 N–H and O–H groups in total. The number of carbonyl (C=O) groups is 1. The lowest BCUT2D eigenvalue weighted by atomic mass is 10.1. The fourth-order valence-electron chi connectivity index (χ4n) is 2.95. The third-order valence-corrected chi connectivity index (χ3v) is 4.67. The second-order valence-corrected chi connectivity index (χ2v) is 6.53. The molecular formula is C18H22ClN5O. The van der Waals surface area contributed by atoms with Gasteiger partial charge in [-0.05, 0) is 24.6 Å². The highest BCUT2D eigenvalue weighted by Gasteiger charge is 2.21. The van der Waals surface area contributed by atoms with Crippen molar-refractivity contribution in [2.75, 3.05) is 37.6 Å². The quantitative estimate of drug-likeness (QED) is 0.886. The van der Waals surface area contributed by atoms with Crippen LogP contribution in [0.25, 0.3) is 0 Å². The van der Waals surface area contributed by atoms with Crippen LogP contribution < -0.4 is 10.2 Å². The van der Waals surface area contributed by atoms with Crippen LogP contribution in [0.1, 0.15) is 18.5 Å². The number of nitrogens with one attached hydrogen (secondary N) is 1. The number of carbonyl (C=O) groups excluding carboxylic acids is 1. The van der Waals surface area contributed by atoms with Crippen molar-refractivity contribution < 1.29 is 4.79 Å². The molecular weight excluding hydrogens is 338 g/mol. The molecule has 3 rings (SSSR count). The van der Waals surface area contributed by atoms with E-state index in [9.17, 15) is 4.79 Å². The number of nitrogens with zero attached hydrogens (tertiary/aromatic N) is 4. The number of aromatic nitrogens is 2. The van der Waals surface area contributed by atoms with Crippen LogP contribution in [0.15, 0.2) is 42.7 Å². The molecule has 1 atom stereocenters. The maximum absolute atomic E-state index is 12.3. The van der Waals surface area contributed by atoms with Gasteiger partial charge >= 0.3 is 0 Å². The number of hydrogen-bond donors (Lipinski definition) is 1. The van der Waals surface area contributed by atoms with Gasteiger partial charge in [-0.1, -0.05) is 29.8 Å². The zero-order valence-corrected chi connectivity index (χ0v) is 15.0. The Kier molecular flexibility index (Phi) is 5.83. The summed E-state index contributed by atoms with van der Waals surface area (Å²) < 4.78 is 0. The summed E-state index contributed by atoms with van der Waals surface area (Å²) in [4.78, 5) is 25.2. The van der Waals surface area contributed by atoms with Crippen molar-refractivity contribution >= 4 is 23.5 Å². The van der Waals surface area contributed by atoms with E-state index in [0.717, 1.165) is 37.7 Å². The number of anilines is 1. The molecule has 1 amide bonds. The summed E-state index contributed by atoms with van der Waals surface area (Å²) in [5, 5.41) is 3.70. The normalized spacial score (nSPS) is 16.5. The van der Waals surface area contributed by atoms with Crippen molar-refractivity contribution in [1.29, 1.82) is 0 Å². The lowest BCUT2D eigenvalue weighted by molar-refractivity contribution is -0.123. The molecule has 1 aromatic heterocycles. The van der Waals surface area contributed by atoms with Crippen LogP contribution in [0.4, 0.5) is 5.95 Å². The number of hydrogen-bond acceptors (Lipinski definition) is 5. The van der Waals surface area contributed by atoms with Crippen molar-refractivity contribution in [1.82, 2.24) is 20.2 Å². The predicted octanol–water partition coefficient (Wildman–Crippen LogP) is 2.13. The van der Waals surface area contributed by atoms with Crippen LogP contribution in [-0.4, -0.2) is 53.5 Å². The molecule has 0 unspecified atom stereocenters. The van der Waals surface area contributed by atoms with E-state index in [-0.39, 0.29) is 11.9 Å². The van der Waals surface area contributed by atoms with Crippen LogP contribution in [-0.2, 0) is 4.79 Å². The first-order chi connectivity index (χ1) is 12.1. The van der Waals surface area contributed by atoms with Crippen molar-refractivity contribution in [3.8, 4) is 0 Å². The van der Waals surface area contributed by atoms with Crippen LogP contribution in [0, 0.1) is 0 Å². The van der Waals surface area contributed by atoms with Crippen LogP contribution >= 0.6 is 11.6 Å². The van der Waals surface area contributed by atoms with Gasteiger partial charge in [-0.2, -0.15) is 0 Å². The third kappa shape index (κ3) is 4.67. The second kappa shape index (κ2) is 8.27. The smallest absolute Gasteiger partial charge is 0.234 e. The highest BCUT2D eigenvalue weighted by atomic mass is 35.5. The van der Waals surface area contributed by atoms with Gasteiger partial charge in [-0.3, -0.25) is 9.69 Å². The predicted molar refractivity (Wildman–Crippen MR) is 98.7 cm³/mol. The van der Waals surface area contributed by atoms with Gasteiger partial charge in [0.1, 0.15) is 0 Å². The van der Waals surface area contributed by atoms with Gasteiger partial charge in [0, 0.05) is 43.6 Å². The lowest BCUT2D eigenvalue weighted by Crippen LogP contribution is -2.50. The molecule has 0 bridgehead atoms. The Hall–Kier alpha value is -2.18. The average molecular weight is 360 g/mol. The van der Waals surface area contributed by atoms with Gasteiger partial charge in [0.05, 0.1) is 12.6 Å². The highest BCUT2D eigenvalue weighted by molar-refractivity contribution is 6.31. The summed E-state index contributed by atoms with van der Waals surface area (Å²) in [6.07, 6.45) is 3.50. The molecule has 1 saturated heterocycles. The molecule has 0 radical (unpaired) electrons. The third-order valence-electron chi connectivity index (χ3n) is 4.32. The molecule has 0 aliphatic carbocycles. The Morgan fingerprint density at radius 1 is 1.16 bits per heavy atom. The Bertz CT molecular complexity index is 704. The summed E-state index contributed by atoms with van der Waals surface area (Å²) in [5.74, 6) is 0.760. The van der Waals surface area contributed by atoms with Crippen molar-refractivity contribution in [3.63, 3.8) is 0 Å². The monoisotopic (exact) mass is 359 g/mol. The van der Waals surface area contributed by atoms with Gasteiger partial charge < -0.3 is 10.2 Å². The maximum atomic E-state index is 12.3. The van der Waals surface area contributed by atoms with Crippen LogP contribution in [0.3, 0.4) is 0 Å². The fourth-order valence-corrected chi connectivity index (χ4v) is 3.25. The van der Waals surface area contributed by atoms with Gasteiger partial charge in [-0.25, -0.2) is 9.97 Å². The topological polar surface area (TPSA) is 61.4 Å². The summed E-state index contributed by atoms with van der Waals surface area (Å²) in [5.41, 5.74) is 0.934. The minimum absolute atomic E-state index is 0.0110. The van der Waals surface area contributed by atoms with E-state index in [2.05, 4.69) is 25.1 Å². The summed E-state index contributed by atoms with van der Waals surface area (Å²) in [6.45, 7) is 5.59. The SMILES string of the molecule is C[C@H](NC(=O)CN1CCN(c2ncccn2)CC1)c1ccccc1Cl. The number of piperazine rings is 1. The molecule has 2 heterocycles. The molecule has 2 aromatic rings. The largest absolute Gasteiger partial charge is 0.348 e. The Balaban J connectivity index is 1.47.